The van der Waals surface area contributed by atoms with Crippen LogP contribution in [0.5, 0.6) is 5.75 Å². The van der Waals surface area contributed by atoms with Gasteiger partial charge in [0.25, 0.3) is 20.2 Å². The van der Waals surface area contributed by atoms with Crippen LogP contribution in [-0.4, -0.2) is 31.0 Å². The largest absolute Gasteiger partial charge is 1.00 e. The molecule has 0 saturated carbocycles. The summed E-state index contributed by atoms with van der Waals surface area (Å²) < 4.78 is 61.2. The smallest absolute Gasteiger partial charge is 1.00 e. The fraction of sp³-hybridized carbons (Fsp3) is 0.143. The molecule has 10 heteroatoms. The first-order valence-corrected chi connectivity index (χ1v) is 6.70. The minimum atomic E-state index is -4.87. The molecule has 1 rings (SSSR count). The van der Waals surface area contributed by atoms with E-state index in [4.69, 9.17) is 9.11 Å². The van der Waals surface area contributed by atoms with Gasteiger partial charge in [-0.1, -0.05) is 0 Å². The summed E-state index contributed by atoms with van der Waals surface area (Å²) in [5, 5.41) is 9.20. The van der Waals surface area contributed by atoms with Gasteiger partial charge in [-0.25, -0.2) is 0 Å². The molecule has 0 heterocycles. The minimum absolute atomic E-state index is 0. The van der Waals surface area contributed by atoms with Crippen molar-refractivity contribution in [3.05, 3.63) is 17.7 Å². The van der Waals surface area contributed by atoms with Crippen LogP contribution in [0.3, 0.4) is 0 Å². The van der Waals surface area contributed by atoms with Crippen molar-refractivity contribution in [2.24, 2.45) is 0 Å². The van der Waals surface area contributed by atoms with E-state index in [0.29, 0.717) is 6.07 Å². The number of rotatable bonds is 2. The fourth-order valence-corrected chi connectivity index (χ4v) is 3.25. The third-order valence-corrected chi connectivity index (χ3v) is 3.94. The molecular formula is C7H9NaO7S2. The van der Waals surface area contributed by atoms with Crippen LogP contribution < -0.4 is 29.6 Å². The van der Waals surface area contributed by atoms with Crippen LogP contribution >= 0.6 is 0 Å². The van der Waals surface area contributed by atoms with Gasteiger partial charge >= 0.3 is 29.6 Å². The minimum Gasteiger partial charge on any atom is -1.00 e. The predicted octanol–water partition coefficient (Wildman–Crippen LogP) is -2.69. The van der Waals surface area contributed by atoms with Crippen LogP contribution in [0.15, 0.2) is 21.9 Å². The Morgan fingerprint density at radius 3 is 1.88 bits per heavy atom. The molecule has 0 aliphatic heterocycles. The van der Waals surface area contributed by atoms with Crippen molar-refractivity contribution in [2.75, 3.05) is 0 Å². The zero-order valence-corrected chi connectivity index (χ0v) is 12.6. The Balaban J connectivity index is 0. The standard InChI is InChI=1S/C7H8O7S2.Na.H/c1-4-5(8)2-3-6(15(9,10)11)7(4)16(12,13)14;;/h2-3,8H,1H3,(H,9,10,11)(H,12,13,14);;/q;+1;-1. The van der Waals surface area contributed by atoms with E-state index in [2.05, 4.69) is 0 Å². The number of aromatic hydroxyl groups is 1. The molecule has 0 spiro atoms. The molecule has 7 nitrogen and oxygen atoms in total. The first-order chi connectivity index (χ1) is 7.05. The molecule has 92 valence electrons. The summed E-state index contributed by atoms with van der Waals surface area (Å²) >= 11 is 0. The molecule has 17 heavy (non-hydrogen) atoms. The number of phenolic OH excluding ortho intramolecular Hbond substituents is 1. The molecule has 0 bridgehead atoms. The molecule has 0 atom stereocenters. The van der Waals surface area contributed by atoms with Crippen molar-refractivity contribution in [1.82, 2.24) is 0 Å². The Bertz CT molecular complexity index is 638. The van der Waals surface area contributed by atoms with Gasteiger partial charge in [-0.3, -0.25) is 9.11 Å². The van der Waals surface area contributed by atoms with Crippen molar-refractivity contribution >= 4 is 20.2 Å². The quantitative estimate of drug-likeness (QED) is 0.400. The first-order valence-electron chi connectivity index (χ1n) is 3.82. The second-order valence-electron chi connectivity index (χ2n) is 2.99. The van der Waals surface area contributed by atoms with Gasteiger partial charge < -0.3 is 6.53 Å². The fourth-order valence-electron chi connectivity index (χ4n) is 1.18. The molecule has 0 saturated heterocycles. The number of benzene rings is 1. The molecule has 0 aliphatic rings. The van der Waals surface area contributed by atoms with Crippen molar-refractivity contribution in [1.29, 1.82) is 0 Å². The van der Waals surface area contributed by atoms with Gasteiger partial charge in [-0.05, 0) is 19.1 Å². The maximum absolute atomic E-state index is 10.9. The van der Waals surface area contributed by atoms with Crippen molar-refractivity contribution < 1.29 is 62.0 Å². The molecule has 0 radical (unpaired) electrons. The Morgan fingerprint density at radius 2 is 1.53 bits per heavy atom. The molecular weight excluding hydrogens is 283 g/mol. The van der Waals surface area contributed by atoms with Crippen molar-refractivity contribution in [3.63, 3.8) is 0 Å². The summed E-state index contributed by atoms with van der Waals surface area (Å²) in [5.41, 5.74) is -0.363. The van der Waals surface area contributed by atoms with Crippen LogP contribution in [-0.2, 0) is 20.2 Å². The van der Waals surface area contributed by atoms with Crippen LogP contribution in [0, 0.1) is 6.92 Å². The maximum atomic E-state index is 10.9. The van der Waals surface area contributed by atoms with Gasteiger partial charge in [-0.15, -0.1) is 0 Å². The molecule has 1 aromatic rings. The summed E-state index contributed by atoms with van der Waals surface area (Å²) in [5.74, 6) is -0.514. The van der Waals surface area contributed by atoms with Gasteiger partial charge in [0.15, 0.2) is 0 Å². The van der Waals surface area contributed by atoms with E-state index in [1.165, 1.54) is 0 Å². The van der Waals surface area contributed by atoms with E-state index in [1.807, 2.05) is 0 Å². The zero-order chi connectivity index (χ0) is 12.7. The Labute approximate surface area is 122 Å². The SMILES string of the molecule is Cc1c(O)ccc(S(=O)(=O)O)c1S(=O)(=O)O.[H-].[Na+]. The maximum Gasteiger partial charge on any atom is 1.00 e. The van der Waals surface area contributed by atoms with Crippen molar-refractivity contribution in [2.45, 2.75) is 16.7 Å². The summed E-state index contributed by atoms with van der Waals surface area (Å²) in [6, 6.07) is 1.58. The van der Waals surface area contributed by atoms with E-state index in [0.717, 1.165) is 13.0 Å². The Hall–Kier alpha value is -0.160. The average molecular weight is 292 g/mol. The molecule has 0 aliphatic carbocycles. The second kappa shape index (κ2) is 5.22. The third-order valence-electron chi connectivity index (χ3n) is 1.88. The summed E-state index contributed by atoms with van der Waals surface area (Å²) in [7, 11) is -9.68. The van der Waals surface area contributed by atoms with E-state index in [-0.39, 0.29) is 36.5 Å². The van der Waals surface area contributed by atoms with Gasteiger partial charge in [0, 0.05) is 5.56 Å². The molecule has 3 N–H and O–H groups in total. The molecule has 0 fully saturated rings. The van der Waals surface area contributed by atoms with E-state index < -0.39 is 35.8 Å². The second-order valence-corrected chi connectivity index (χ2v) is 5.74. The van der Waals surface area contributed by atoms with Crippen LogP contribution in [0.25, 0.3) is 0 Å². The third kappa shape index (κ3) is 3.65. The Kier molecular flexibility index (Phi) is 5.18. The van der Waals surface area contributed by atoms with Crippen LogP contribution in [0.2, 0.25) is 0 Å². The molecule has 0 unspecified atom stereocenters. The van der Waals surface area contributed by atoms with Gasteiger partial charge in [0.2, 0.25) is 0 Å². The van der Waals surface area contributed by atoms with E-state index >= 15 is 0 Å². The van der Waals surface area contributed by atoms with Gasteiger partial charge in [0.05, 0.1) is 0 Å². The van der Waals surface area contributed by atoms with Crippen LogP contribution in [0.4, 0.5) is 0 Å². The number of hydrogen-bond donors (Lipinski definition) is 3. The first kappa shape index (κ1) is 16.8. The van der Waals surface area contributed by atoms with Crippen LogP contribution in [0.1, 0.15) is 6.99 Å². The van der Waals surface area contributed by atoms with Gasteiger partial charge in [0.1, 0.15) is 15.5 Å². The Morgan fingerprint density at radius 1 is 1.06 bits per heavy atom. The van der Waals surface area contributed by atoms with E-state index in [1.54, 1.807) is 0 Å². The molecule has 0 amide bonds. The molecule has 0 aromatic heterocycles. The van der Waals surface area contributed by atoms with E-state index in [9.17, 15) is 21.9 Å². The average Bonchev–Trinajstić information content (AvgIpc) is 2.05. The number of hydrogen-bond acceptors (Lipinski definition) is 5. The summed E-state index contributed by atoms with van der Waals surface area (Å²) in [4.78, 5) is -2.01. The monoisotopic (exact) mass is 292 g/mol. The zero-order valence-electron chi connectivity index (χ0n) is 9.95. The topological polar surface area (TPSA) is 129 Å². The van der Waals surface area contributed by atoms with Gasteiger partial charge in [-0.2, -0.15) is 16.8 Å². The summed E-state index contributed by atoms with van der Waals surface area (Å²) in [6.45, 7) is 1.09. The molecule has 1 aromatic carbocycles. The normalized spacial score (nSPS) is 11.9. The predicted molar refractivity (Wildman–Crippen MR) is 53.6 cm³/mol. The number of phenols is 1. The summed E-state index contributed by atoms with van der Waals surface area (Å²) in [6.07, 6.45) is 0. The van der Waals surface area contributed by atoms with Crippen molar-refractivity contribution in [3.8, 4) is 5.75 Å².